The molecule has 0 bridgehead atoms. The van der Waals surface area contributed by atoms with Crippen molar-refractivity contribution >= 4 is 45.5 Å². The molecule has 0 unspecified atom stereocenters. The number of nitrogens with one attached hydrogen (secondary N) is 2. The summed E-state index contributed by atoms with van der Waals surface area (Å²) in [5, 5.41) is 6.40. The van der Waals surface area contributed by atoms with Crippen LogP contribution in [0.3, 0.4) is 0 Å². The van der Waals surface area contributed by atoms with Gasteiger partial charge in [-0.15, -0.1) is 24.0 Å². The minimum absolute atomic E-state index is 0. The number of aliphatic imine (C=N–C) groups is 1. The van der Waals surface area contributed by atoms with Crippen LogP contribution in [0.2, 0.25) is 0 Å². The number of nitrogens with zero attached hydrogens (tertiary/aromatic N) is 2. The lowest BCUT2D eigenvalue weighted by Gasteiger charge is -2.24. The number of benzene rings is 1. The molecule has 8 heteroatoms. The molecule has 0 spiro atoms. The van der Waals surface area contributed by atoms with E-state index in [4.69, 9.17) is 0 Å². The minimum Gasteiger partial charge on any atom is -0.370 e. The minimum atomic E-state index is -2.90. The van der Waals surface area contributed by atoms with E-state index in [1.54, 1.807) is 7.05 Å². The number of aryl methyl sites for hydroxylation is 1. The van der Waals surface area contributed by atoms with Gasteiger partial charge in [0.1, 0.15) is 9.84 Å². The van der Waals surface area contributed by atoms with Gasteiger partial charge in [-0.2, -0.15) is 0 Å². The third-order valence-electron chi connectivity index (χ3n) is 3.63. The molecule has 1 aromatic carbocycles. The van der Waals surface area contributed by atoms with Crippen LogP contribution in [0.25, 0.3) is 0 Å². The molecular weight excluding hydrogens is 451 g/mol. The van der Waals surface area contributed by atoms with Crippen molar-refractivity contribution in [3.8, 4) is 0 Å². The SMILES string of the molecule is CCN(CCNC(=NC)NCCCS(C)(=O)=O)c1cccc(C)c1.I. The van der Waals surface area contributed by atoms with Gasteiger partial charge < -0.3 is 15.5 Å². The summed E-state index contributed by atoms with van der Waals surface area (Å²) in [5.74, 6) is 0.886. The quantitative estimate of drug-likeness (QED) is 0.244. The Morgan fingerprint density at radius 1 is 1.24 bits per heavy atom. The van der Waals surface area contributed by atoms with Gasteiger partial charge in [-0.1, -0.05) is 12.1 Å². The Morgan fingerprint density at radius 2 is 1.92 bits per heavy atom. The zero-order valence-electron chi connectivity index (χ0n) is 15.6. The van der Waals surface area contributed by atoms with Gasteiger partial charge in [-0.25, -0.2) is 8.42 Å². The maximum absolute atomic E-state index is 11.1. The molecule has 0 aliphatic heterocycles. The van der Waals surface area contributed by atoms with Crippen molar-refractivity contribution in [2.24, 2.45) is 4.99 Å². The number of rotatable bonds is 9. The van der Waals surface area contributed by atoms with Gasteiger partial charge in [0.2, 0.25) is 0 Å². The Labute approximate surface area is 169 Å². The molecule has 1 rings (SSSR count). The summed E-state index contributed by atoms with van der Waals surface area (Å²) in [6, 6.07) is 8.47. The van der Waals surface area contributed by atoms with E-state index < -0.39 is 9.84 Å². The smallest absolute Gasteiger partial charge is 0.191 e. The lowest BCUT2D eigenvalue weighted by Crippen LogP contribution is -2.42. The van der Waals surface area contributed by atoms with Crippen molar-refractivity contribution in [3.63, 3.8) is 0 Å². The van der Waals surface area contributed by atoms with E-state index in [-0.39, 0.29) is 29.7 Å². The van der Waals surface area contributed by atoms with E-state index in [1.807, 2.05) is 0 Å². The zero-order valence-corrected chi connectivity index (χ0v) is 18.7. The van der Waals surface area contributed by atoms with E-state index in [9.17, 15) is 8.42 Å². The van der Waals surface area contributed by atoms with Gasteiger partial charge in [-0.3, -0.25) is 4.99 Å². The van der Waals surface area contributed by atoms with E-state index in [2.05, 4.69) is 58.6 Å². The van der Waals surface area contributed by atoms with Crippen molar-refractivity contribution in [2.75, 3.05) is 50.1 Å². The lowest BCUT2D eigenvalue weighted by atomic mass is 10.2. The third kappa shape index (κ3) is 10.5. The number of sulfone groups is 1. The van der Waals surface area contributed by atoms with Gasteiger partial charge >= 0.3 is 0 Å². The van der Waals surface area contributed by atoms with Crippen molar-refractivity contribution in [2.45, 2.75) is 20.3 Å². The van der Waals surface area contributed by atoms with Crippen LogP contribution in [0.15, 0.2) is 29.3 Å². The monoisotopic (exact) mass is 482 g/mol. The van der Waals surface area contributed by atoms with E-state index >= 15 is 0 Å². The highest BCUT2D eigenvalue weighted by atomic mass is 127. The van der Waals surface area contributed by atoms with E-state index in [0.29, 0.717) is 18.9 Å². The first-order chi connectivity index (χ1) is 11.4. The number of guanidine groups is 1. The van der Waals surface area contributed by atoms with Crippen LogP contribution < -0.4 is 15.5 Å². The fourth-order valence-electron chi connectivity index (χ4n) is 2.37. The molecule has 0 amide bonds. The summed E-state index contributed by atoms with van der Waals surface area (Å²) in [4.78, 5) is 6.46. The molecule has 0 aliphatic rings. The predicted octanol–water partition coefficient (Wildman–Crippen LogP) is 2.04. The van der Waals surface area contributed by atoms with Crippen LogP contribution in [0.4, 0.5) is 5.69 Å². The third-order valence-corrected chi connectivity index (χ3v) is 4.66. The highest BCUT2D eigenvalue weighted by Gasteiger charge is 2.05. The largest absolute Gasteiger partial charge is 0.370 e. The molecule has 25 heavy (non-hydrogen) atoms. The first kappa shape index (κ1) is 24.0. The molecular formula is C17H31IN4O2S. The zero-order chi connectivity index (χ0) is 18.0. The molecule has 6 nitrogen and oxygen atoms in total. The van der Waals surface area contributed by atoms with Crippen molar-refractivity contribution < 1.29 is 8.42 Å². The van der Waals surface area contributed by atoms with Gasteiger partial charge in [0.15, 0.2) is 5.96 Å². The summed E-state index contributed by atoms with van der Waals surface area (Å²) >= 11 is 0. The highest BCUT2D eigenvalue weighted by molar-refractivity contribution is 14.0. The van der Waals surface area contributed by atoms with Crippen LogP contribution in [0, 0.1) is 6.92 Å². The fraction of sp³-hybridized carbons (Fsp3) is 0.588. The van der Waals surface area contributed by atoms with Gasteiger partial charge in [-0.05, 0) is 38.0 Å². The second-order valence-corrected chi connectivity index (χ2v) is 8.09. The van der Waals surface area contributed by atoms with Crippen LogP contribution in [-0.2, 0) is 9.84 Å². The Morgan fingerprint density at radius 3 is 2.48 bits per heavy atom. The second kappa shape index (κ2) is 12.3. The molecule has 2 N–H and O–H groups in total. The molecule has 0 aromatic heterocycles. The Balaban J connectivity index is 0.00000576. The highest BCUT2D eigenvalue weighted by Crippen LogP contribution is 2.14. The molecule has 144 valence electrons. The molecule has 0 saturated heterocycles. The van der Waals surface area contributed by atoms with Crippen molar-refractivity contribution in [1.29, 1.82) is 0 Å². The van der Waals surface area contributed by atoms with Crippen molar-refractivity contribution in [1.82, 2.24) is 10.6 Å². The maximum atomic E-state index is 11.1. The molecule has 0 fully saturated rings. The first-order valence-corrected chi connectivity index (χ1v) is 10.4. The maximum Gasteiger partial charge on any atom is 0.191 e. The average molecular weight is 482 g/mol. The number of anilines is 1. The summed E-state index contributed by atoms with van der Waals surface area (Å²) in [6.45, 7) is 7.38. The number of halogens is 1. The van der Waals surface area contributed by atoms with E-state index in [1.165, 1.54) is 17.5 Å². The Hall–Kier alpha value is -1.03. The fourth-order valence-corrected chi connectivity index (χ4v) is 3.03. The van der Waals surface area contributed by atoms with Gasteiger partial charge in [0.25, 0.3) is 0 Å². The lowest BCUT2D eigenvalue weighted by molar-refractivity contribution is 0.598. The topological polar surface area (TPSA) is 73.8 Å². The van der Waals surface area contributed by atoms with Gasteiger partial charge in [0.05, 0.1) is 5.75 Å². The summed E-state index contributed by atoms with van der Waals surface area (Å²) in [7, 11) is -1.19. The van der Waals surface area contributed by atoms with Gasteiger partial charge in [0, 0.05) is 45.2 Å². The normalized spacial score (nSPS) is 11.6. The van der Waals surface area contributed by atoms with Crippen LogP contribution >= 0.6 is 24.0 Å². The molecule has 0 atom stereocenters. The number of hydrogen-bond donors (Lipinski definition) is 2. The molecule has 0 heterocycles. The summed E-state index contributed by atoms with van der Waals surface area (Å²) in [5.41, 5.74) is 2.47. The molecule has 0 saturated carbocycles. The summed E-state index contributed by atoms with van der Waals surface area (Å²) < 4.78 is 22.2. The number of likely N-dealkylation sites (N-methyl/N-ethyl adjacent to an activating group) is 1. The average Bonchev–Trinajstić information content (AvgIpc) is 2.52. The number of hydrogen-bond acceptors (Lipinski definition) is 4. The Bertz CT molecular complexity index is 635. The molecule has 1 aromatic rings. The Kier molecular flexibility index (Phi) is 11.8. The van der Waals surface area contributed by atoms with Crippen LogP contribution in [-0.4, -0.2) is 59.6 Å². The molecule has 0 aliphatic carbocycles. The van der Waals surface area contributed by atoms with Crippen LogP contribution in [0.1, 0.15) is 18.9 Å². The van der Waals surface area contributed by atoms with Crippen LogP contribution in [0.5, 0.6) is 0 Å². The van der Waals surface area contributed by atoms with E-state index in [0.717, 1.165) is 19.6 Å². The second-order valence-electron chi connectivity index (χ2n) is 5.83. The summed E-state index contributed by atoms with van der Waals surface area (Å²) in [6.07, 6.45) is 1.83. The van der Waals surface area contributed by atoms with Crippen molar-refractivity contribution in [3.05, 3.63) is 29.8 Å². The standard InChI is InChI=1S/C17H30N4O2S.HI/c1-5-21(16-9-6-8-15(2)14-16)12-11-20-17(18-3)19-10-7-13-24(4,22)23;/h6,8-9,14H,5,7,10-13H2,1-4H3,(H2,18,19,20);1H. The molecule has 0 radical (unpaired) electrons. The predicted molar refractivity (Wildman–Crippen MR) is 118 cm³/mol. The first-order valence-electron chi connectivity index (χ1n) is 8.29.